The van der Waals surface area contributed by atoms with Gasteiger partial charge in [0.25, 0.3) is 5.91 Å². The van der Waals surface area contributed by atoms with E-state index in [4.69, 9.17) is 4.74 Å². The highest BCUT2D eigenvalue weighted by molar-refractivity contribution is 6.05. The zero-order valence-electron chi connectivity index (χ0n) is 19.5. The van der Waals surface area contributed by atoms with Gasteiger partial charge in [0.2, 0.25) is 11.8 Å². The van der Waals surface area contributed by atoms with Crippen molar-refractivity contribution in [3.63, 3.8) is 0 Å². The number of carbonyl (C=O) groups excluding carboxylic acids is 4. The summed E-state index contributed by atoms with van der Waals surface area (Å²) in [5.74, 6) is -0.841. The van der Waals surface area contributed by atoms with Crippen LogP contribution in [0.2, 0.25) is 0 Å². The molecular weight excluding hydrogens is 424 g/mol. The topological polar surface area (TPSA) is 108 Å². The molecule has 0 aliphatic carbocycles. The molecule has 0 aromatic heterocycles. The molecule has 3 heterocycles. The summed E-state index contributed by atoms with van der Waals surface area (Å²) >= 11 is 0. The van der Waals surface area contributed by atoms with Gasteiger partial charge < -0.3 is 19.9 Å². The van der Waals surface area contributed by atoms with Gasteiger partial charge in [0.05, 0.1) is 0 Å². The highest BCUT2D eigenvalue weighted by Crippen LogP contribution is 2.28. The summed E-state index contributed by atoms with van der Waals surface area (Å²) < 4.78 is 5.45. The minimum absolute atomic E-state index is 0.159. The lowest BCUT2D eigenvalue weighted by molar-refractivity contribution is -0.136. The number of likely N-dealkylation sites (tertiary alicyclic amines) is 1. The van der Waals surface area contributed by atoms with Gasteiger partial charge in [-0.25, -0.2) is 4.79 Å². The molecule has 33 heavy (non-hydrogen) atoms. The fourth-order valence-electron chi connectivity index (χ4n) is 4.59. The van der Waals surface area contributed by atoms with Gasteiger partial charge in [-0.05, 0) is 57.2 Å². The van der Waals surface area contributed by atoms with Gasteiger partial charge in [-0.1, -0.05) is 12.1 Å². The number of rotatable bonds is 4. The van der Waals surface area contributed by atoms with E-state index in [1.165, 1.54) is 0 Å². The van der Waals surface area contributed by atoms with Crippen molar-refractivity contribution in [2.45, 2.75) is 77.2 Å². The molecule has 0 radical (unpaired) electrons. The van der Waals surface area contributed by atoms with Crippen molar-refractivity contribution >= 4 is 23.8 Å². The number of hydrogen-bond acceptors (Lipinski definition) is 6. The Morgan fingerprint density at radius 2 is 1.88 bits per heavy atom. The van der Waals surface area contributed by atoms with Crippen molar-refractivity contribution in [3.8, 4) is 0 Å². The van der Waals surface area contributed by atoms with Crippen LogP contribution in [0.1, 0.15) is 67.9 Å². The average molecular weight is 457 g/mol. The minimum Gasteiger partial charge on any atom is -0.444 e. The second kappa shape index (κ2) is 9.13. The van der Waals surface area contributed by atoms with Gasteiger partial charge in [-0.15, -0.1) is 0 Å². The summed E-state index contributed by atoms with van der Waals surface area (Å²) in [6, 6.07) is 5.49. The van der Waals surface area contributed by atoms with Crippen LogP contribution < -0.4 is 10.6 Å². The Morgan fingerprint density at radius 1 is 1.15 bits per heavy atom. The standard InChI is InChI=1S/C24H32N4O5/c1-24(2,3)33-23(32)27-10-8-17(9-11-27)25-13-15-4-5-18-16(12-15)14-28(22(18)31)19-6-7-20(29)26-21(19)30/h4-5,12,17,19,25H,6-11,13-14H2,1-3H3,(H,26,29,30). The SMILES string of the molecule is CC(C)(C)OC(=O)N1CCC(NCc2ccc3c(c2)CN(C2CCC(=O)NC2=O)C3=O)CC1. The van der Waals surface area contributed by atoms with Crippen LogP contribution in [0.4, 0.5) is 4.79 Å². The molecule has 178 valence electrons. The van der Waals surface area contributed by atoms with E-state index < -0.39 is 17.6 Å². The van der Waals surface area contributed by atoms with E-state index in [0.29, 0.717) is 44.2 Å². The van der Waals surface area contributed by atoms with E-state index in [1.807, 2.05) is 39.0 Å². The van der Waals surface area contributed by atoms with Crippen molar-refractivity contribution in [3.05, 3.63) is 34.9 Å². The summed E-state index contributed by atoms with van der Waals surface area (Å²) in [4.78, 5) is 52.0. The molecule has 1 atom stereocenters. The lowest BCUT2D eigenvalue weighted by atomic mass is 10.0. The summed E-state index contributed by atoms with van der Waals surface area (Å²) in [5, 5.41) is 5.88. The van der Waals surface area contributed by atoms with Crippen LogP contribution in [0.15, 0.2) is 18.2 Å². The Balaban J connectivity index is 1.29. The largest absolute Gasteiger partial charge is 0.444 e. The van der Waals surface area contributed by atoms with Crippen molar-refractivity contribution < 1.29 is 23.9 Å². The number of carbonyl (C=O) groups is 4. The number of amides is 4. The molecule has 3 aliphatic heterocycles. The smallest absolute Gasteiger partial charge is 0.410 e. The normalized spacial score (nSPS) is 21.8. The van der Waals surface area contributed by atoms with E-state index in [2.05, 4.69) is 10.6 Å². The van der Waals surface area contributed by atoms with Crippen LogP contribution in [-0.2, 0) is 27.4 Å². The van der Waals surface area contributed by atoms with Gasteiger partial charge in [0.1, 0.15) is 11.6 Å². The number of imide groups is 1. The highest BCUT2D eigenvalue weighted by atomic mass is 16.6. The van der Waals surface area contributed by atoms with Crippen LogP contribution >= 0.6 is 0 Å². The van der Waals surface area contributed by atoms with Crippen molar-refractivity contribution in [1.29, 1.82) is 0 Å². The Bertz CT molecular complexity index is 962. The third kappa shape index (κ3) is 5.35. The van der Waals surface area contributed by atoms with Gasteiger partial charge in [0.15, 0.2) is 0 Å². The van der Waals surface area contributed by atoms with Crippen molar-refractivity contribution in [1.82, 2.24) is 20.4 Å². The Kier molecular flexibility index (Phi) is 6.43. The van der Waals surface area contributed by atoms with Gasteiger partial charge in [-0.3, -0.25) is 19.7 Å². The fourth-order valence-corrected chi connectivity index (χ4v) is 4.59. The lowest BCUT2D eigenvalue weighted by Crippen LogP contribution is -2.52. The van der Waals surface area contributed by atoms with Crippen molar-refractivity contribution in [2.24, 2.45) is 0 Å². The first kappa shape index (κ1) is 23.2. The molecule has 1 unspecified atom stereocenters. The molecule has 4 rings (SSSR count). The predicted octanol–water partition coefficient (Wildman–Crippen LogP) is 1.94. The summed E-state index contributed by atoms with van der Waals surface area (Å²) in [6.07, 6.45) is 2.06. The van der Waals surface area contributed by atoms with E-state index >= 15 is 0 Å². The Hall–Kier alpha value is -2.94. The first-order valence-electron chi connectivity index (χ1n) is 11.6. The zero-order valence-corrected chi connectivity index (χ0v) is 19.5. The van der Waals surface area contributed by atoms with Crippen LogP contribution in [0.3, 0.4) is 0 Å². The molecule has 0 saturated carbocycles. The molecule has 2 saturated heterocycles. The van der Waals surface area contributed by atoms with E-state index in [-0.39, 0.29) is 24.3 Å². The number of ether oxygens (including phenoxy) is 1. The first-order valence-corrected chi connectivity index (χ1v) is 11.6. The maximum atomic E-state index is 12.8. The molecule has 1 aromatic rings. The van der Waals surface area contributed by atoms with Crippen LogP contribution in [0, 0.1) is 0 Å². The fraction of sp³-hybridized carbons (Fsp3) is 0.583. The van der Waals surface area contributed by atoms with Crippen molar-refractivity contribution in [2.75, 3.05) is 13.1 Å². The molecule has 9 nitrogen and oxygen atoms in total. The summed E-state index contributed by atoms with van der Waals surface area (Å²) in [6.45, 7) is 7.96. The van der Waals surface area contributed by atoms with Crippen LogP contribution in [0.25, 0.3) is 0 Å². The lowest BCUT2D eigenvalue weighted by Gasteiger charge is -2.33. The third-order valence-electron chi connectivity index (χ3n) is 6.33. The summed E-state index contributed by atoms with van der Waals surface area (Å²) in [7, 11) is 0. The maximum Gasteiger partial charge on any atom is 0.410 e. The number of piperidine rings is 2. The van der Waals surface area contributed by atoms with Gasteiger partial charge in [0, 0.05) is 44.2 Å². The Morgan fingerprint density at radius 3 is 2.55 bits per heavy atom. The van der Waals surface area contributed by atoms with Gasteiger partial charge in [-0.2, -0.15) is 0 Å². The number of nitrogens with one attached hydrogen (secondary N) is 2. The minimum atomic E-state index is -0.598. The zero-order chi connectivity index (χ0) is 23.8. The second-order valence-corrected chi connectivity index (χ2v) is 10.0. The van der Waals surface area contributed by atoms with Crippen LogP contribution in [-0.4, -0.2) is 64.4 Å². The van der Waals surface area contributed by atoms with Crippen LogP contribution in [0.5, 0.6) is 0 Å². The number of nitrogens with zero attached hydrogens (tertiary/aromatic N) is 2. The molecule has 2 N–H and O–H groups in total. The molecule has 3 aliphatic rings. The molecule has 1 aromatic carbocycles. The van der Waals surface area contributed by atoms with E-state index in [9.17, 15) is 19.2 Å². The molecule has 0 bridgehead atoms. The molecule has 9 heteroatoms. The van der Waals surface area contributed by atoms with E-state index in [1.54, 1.807) is 9.80 Å². The first-order chi connectivity index (χ1) is 15.6. The third-order valence-corrected chi connectivity index (χ3v) is 6.33. The quantitative estimate of drug-likeness (QED) is 0.671. The molecular formula is C24H32N4O5. The number of hydrogen-bond donors (Lipinski definition) is 2. The second-order valence-electron chi connectivity index (χ2n) is 10.0. The maximum absolute atomic E-state index is 12.8. The Labute approximate surface area is 193 Å². The molecule has 4 amide bonds. The monoisotopic (exact) mass is 456 g/mol. The predicted molar refractivity (Wildman–Crippen MR) is 120 cm³/mol. The molecule has 0 spiro atoms. The average Bonchev–Trinajstić information content (AvgIpc) is 3.07. The number of fused-ring (bicyclic) bond motifs is 1. The number of benzene rings is 1. The molecule has 2 fully saturated rings. The van der Waals surface area contributed by atoms with E-state index in [0.717, 1.165) is 24.0 Å². The highest BCUT2D eigenvalue weighted by Gasteiger charge is 2.39. The van der Waals surface area contributed by atoms with Gasteiger partial charge >= 0.3 is 6.09 Å². The summed E-state index contributed by atoms with van der Waals surface area (Å²) in [5.41, 5.74) is 2.11.